The zero-order valence-corrected chi connectivity index (χ0v) is 7.01. The van der Waals surface area contributed by atoms with Gasteiger partial charge in [0.15, 0.2) is 5.67 Å². The van der Waals surface area contributed by atoms with Gasteiger partial charge in [0.1, 0.15) is 0 Å². The highest BCUT2D eigenvalue weighted by Crippen LogP contribution is 2.37. The first-order valence-corrected chi connectivity index (χ1v) is 3.45. The summed E-state index contributed by atoms with van der Waals surface area (Å²) in [6, 6.07) is 0. The third-order valence-electron chi connectivity index (χ3n) is 2.37. The molecule has 2 fully saturated rings. The Balaban J connectivity index is 0.000000720. The molecule has 70 valence electrons. The van der Waals surface area contributed by atoms with E-state index in [9.17, 15) is 13.6 Å². The Kier molecular flexibility index (Phi) is 2.04. The van der Waals surface area contributed by atoms with E-state index in [0.29, 0.717) is 0 Å². The van der Waals surface area contributed by atoms with Crippen molar-refractivity contribution in [3.8, 4) is 0 Å². The van der Waals surface area contributed by atoms with Crippen LogP contribution in [0.3, 0.4) is 0 Å². The van der Waals surface area contributed by atoms with E-state index in [0.717, 1.165) is 0 Å². The van der Waals surface area contributed by atoms with Crippen molar-refractivity contribution in [3.63, 3.8) is 0 Å². The maximum Gasteiger partial charge on any atom is 0.262 e. The van der Waals surface area contributed by atoms with Crippen LogP contribution in [-0.2, 0) is 4.79 Å². The summed E-state index contributed by atoms with van der Waals surface area (Å²) >= 11 is 0. The van der Waals surface area contributed by atoms with Gasteiger partial charge in [-0.2, -0.15) is 0 Å². The highest BCUT2D eigenvalue weighted by Gasteiger charge is 2.66. The van der Waals surface area contributed by atoms with Gasteiger partial charge in [-0.3, -0.25) is 4.79 Å². The first kappa shape index (κ1) is 9.67. The van der Waals surface area contributed by atoms with Crippen LogP contribution in [0.5, 0.6) is 0 Å². The van der Waals surface area contributed by atoms with Gasteiger partial charge < -0.3 is 10.6 Å². The van der Waals surface area contributed by atoms with Gasteiger partial charge in [0.2, 0.25) is 5.67 Å². The van der Waals surface area contributed by atoms with Gasteiger partial charge in [-0.05, 0) is 0 Å². The molecule has 2 saturated heterocycles. The molecule has 0 bridgehead atoms. The molecule has 2 atom stereocenters. The Morgan fingerprint density at radius 1 is 1.25 bits per heavy atom. The second kappa shape index (κ2) is 2.53. The normalized spacial score (nSPS) is 45.0. The largest absolute Gasteiger partial charge is 0.350 e. The Bertz CT molecular complexity index is 228. The quantitative estimate of drug-likeness (QED) is 0.554. The molecule has 2 aliphatic rings. The van der Waals surface area contributed by atoms with Gasteiger partial charge in [0.25, 0.3) is 5.91 Å². The third-order valence-corrected chi connectivity index (χ3v) is 2.37. The average molecular weight is 199 g/mol. The van der Waals surface area contributed by atoms with Crippen molar-refractivity contribution in [1.82, 2.24) is 10.6 Å². The van der Waals surface area contributed by atoms with Crippen LogP contribution in [0.1, 0.15) is 0 Å². The molecule has 2 heterocycles. The number of amides is 1. The number of nitrogens with one attached hydrogen (secondary N) is 2. The summed E-state index contributed by atoms with van der Waals surface area (Å²) in [5, 5.41) is 4.70. The van der Waals surface area contributed by atoms with Crippen molar-refractivity contribution < 1.29 is 13.6 Å². The van der Waals surface area contributed by atoms with E-state index in [1.54, 1.807) is 0 Å². The third kappa shape index (κ3) is 0.863. The van der Waals surface area contributed by atoms with Gasteiger partial charge in [-0.15, -0.1) is 12.4 Å². The fourth-order valence-electron chi connectivity index (χ4n) is 1.58. The zero-order valence-electron chi connectivity index (χ0n) is 6.19. The van der Waals surface area contributed by atoms with Crippen molar-refractivity contribution in [3.05, 3.63) is 0 Å². The maximum absolute atomic E-state index is 13.4. The highest BCUT2D eigenvalue weighted by atomic mass is 35.5. The molecule has 2 rings (SSSR count). The predicted octanol–water partition coefficient (Wildman–Crippen LogP) is -0.442. The van der Waals surface area contributed by atoms with Crippen molar-refractivity contribution in [1.29, 1.82) is 0 Å². The number of hydrogen-bond acceptors (Lipinski definition) is 2. The lowest BCUT2D eigenvalue weighted by atomic mass is 9.93. The van der Waals surface area contributed by atoms with Crippen LogP contribution in [0, 0.1) is 0 Å². The lowest BCUT2D eigenvalue weighted by molar-refractivity contribution is -0.131. The summed E-state index contributed by atoms with van der Waals surface area (Å²) in [6.45, 7) is -0.507. The van der Waals surface area contributed by atoms with Crippen LogP contribution in [-0.4, -0.2) is 36.9 Å². The molecular formula is C6H9ClF2N2O. The fraction of sp³-hybridized carbons (Fsp3) is 0.833. The van der Waals surface area contributed by atoms with E-state index < -0.39 is 17.2 Å². The van der Waals surface area contributed by atoms with Crippen LogP contribution < -0.4 is 10.6 Å². The summed E-state index contributed by atoms with van der Waals surface area (Å²) < 4.78 is 26.8. The monoisotopic (exact) mass is 198 g/mol. The van der Waals surface area contributed by atoms with E-state index in [2.05, 4.69) is 10.6 Å². The number of carbonyl (C=O) groups excluding carboxylic acids is 1. The summed E-state index contributed by atoms with van der Waals surface area (Å²) in [4.78, 5) is 10.8. The lowest BCUT2D eigenvalue weighted by Gasteiger charge is -2.19. The minimum atomic E-state index is -2.33. The Hall–Kier alpha value is -0.420. The second-order valence-electron chi connectivity index (χ2n) is 3.05. The standard InChI is InChI=1S/C6H8F2N2O.ClH/c7-5-1-9-3-6(5,8)4(11)10-2-5;/h9H,1-3H2,(H,10,11);1H. The van der Waals surface area contributed by atoms with Crippen molar-refractivity contribution in [2.24, 2.45) is 0 Å². The predicted molar refractivity (Wildman–Crippen MR) is 40.8 cm³/mol. The molecule has 0 spiro atoms. The van der Waals surface area contributed by atoms with Crippen molar-refractivity contribution in [2.45, 2.75) is 11.3 Å². The van der Waals surface area contributed by atoms with Crippen molar-refractivity contribution in [2.75, 3.05) is 19.6 Å². The van der Waals surface area contributed by atoms with Crippen LogP contribution in [0.25, 0.3) is 0 Å². The van der Waals surface area contributed by atoms with Gasteiger partial charge >= 0.3 is 0 Å². The molecule has 2 unspecified atom stereocenters. The SMILES string of the molecule is Cl.O=C1NCC2(F)CNCC12F. The summed E-state index contributed by atoms with van der Waals surface area (Å²) in [7, 11) is 0. The van der Waals surface area contributed by atoms with Crippen LogP contribution >= 0.6 is 12.4 Å². The summed E-state index contributed by atoms with van der Waals surface area (Å²) in [6.07, 6.45) is 0. The molecule has 0 aromatic rings. The highest BCUT2D eigenvalue weighted by molar-refractivity contribution is 5.90. The average Bonchev–Trinajstić information content (AvgIpc) is 2.34. The molecule has 2 N–H and O–H groups in total. The van der Waals surface area contributed by atoms with E-state index in [4.69, 9.17) is 0 Å². The smallest absolute Gasteiger partial charge is 0.262 e. The van der Waals surface area contributed by atoms with E-state index >= 15 is 0 Å². The minimum Gasteiger partial charge on any atom is -0.350 e. The van der Waals surface area contributed by atoms with Crippen LogP contribution in [0.4, 0.5) is 8.78 Å². The van der Waals surface area contributed by atoms with E-state index in [1.165, 1.54) is 0 Å². The van der Waals surface area contributed by atoms with Gasteiger partial charge in [0, 0.05) is 13.1 Å². The van der Waals surface area contributed by atoms with Gasteiger partial charge in [0.05, 0.1) is 6.54 Å². The second-order valence-corrected chi connectivity index (χ2v) is 3.05. The molecule has 0 aromatic heterocycles. The first-order valence-electron chi connectivity index (χ1n) is 3.45. The molecule has 0 radical (unpaired) electrons. The maximum atomic E-state index is 13.4. The van der Waals surface area contributed by atoms with Gasteiger partial charge in [-0.25, -0.2) is 8.78 Å². The lowest BCUT2D eigenvalue weighted by Crippen LogP contribution is -2.47. The molecule has 1 amide bonds. The number of rotatable bonds is 0. The number of fused-ring (bicyclic) bond motifs is 1. The van der Waals surface area contributed by atoms with E-state index in [-0.39, 0.29) is 32.0 Å². The molecule has 6 heteroatoms. The Morgan fingerprint density at radius 3 is 2.50 bits per heavy atom. The number of carbonyl (C=O) groups is 1. The molecule has 2 aliphatic heterocycles. The Labute approximate surface area is 74.3 Å². The van der Waals surface area contributed by atoms with Crippen molar-refractivity contribution >= 4 is 18.3 Å². The number of hydrogen-bond donors (Lipinski definition) is 2. The molecule has 3 nitrogen and oxygen atoms in total. The molecule has 12 heavy (non-hydrogen) atoms. The summed E-state index contributed by atoms with van der Waals surface area (Å²) in [5.41, 5.74) is -4.35. The summed E-state index contributed by atoms with van der Waals surface area (Å²) in [5.74, 6) is -0.829. The number of halogens is 3. The number of alkyl halides is 2. The molecular weight excluding hydrogens is 190 g/mol. The van der Waals surface area contributed by atoms with E-state index in [1.807, 2.05) is 0 Å². The zero-order chi connectivity index (χ0) is 8.11. The minimum absolute atomic E-state index is 0. The van der Waals surface area contributed by atoms with Crippen LogP contribution in [0.2, 0.25) is 0 Å². The van der Waals surface area contributed by atoms with Gasteiger partial charge in [-0.1, -0.05) is 0 Å². The molecule has 0 aliphatic carbocycles. The fourth-order valence-corrected chi connectivity index (χ4v) is 1.58. The topological polar surface area (TPSA) is 41.1 Å². The molecule has 0 aromatic carbocycles. The first-order chi connectivity index (χ1) is 5.08. The molecule has 0 saturated carbocycles. The van der Waals surface area contributed by atoms with Crippen LogP contribution in [0.15, 0.2) is 0 Å². The Morgan fingerprint density at radius 2 is 1.92 bits per heavy atom.